The van der Waals surface area contributed by atoms with Gasteiger partial charge in [-0.15, -0.1) is 0 Å². The van der Waals surface area contributed by atoms with Crippen LogP contribution in [0.1, 0.15) is 0 Å². The molecular formula is C44H28N4O. The highest BCUT2D eigenvalue weighted by Crippen LogP contribution is 2.39. The van der Waals surface area contributed by atoms with Crippen molar-refractivity contribution in [3.8, 4) is 67.5 Å². The van der Waals surface area contributed by atoms with Gasteiger partial charge in [0.05, 0.1) is 5.39 Å². The molecule has 0 N–H and O–H groups in total. The SMILES string of the molecule is c1ccc(-c2ccc(-c3nc(-c4ccccc4)nc(-c4cccc5oc6c(-c7ccc(-c8ccccc8)cc7)ccnc6c45)n3)cc2)cc1. The molecule has 0 saturated heterocycles. The quantitative estimate of drug-likeness (QED) is 0.183. The van der Waals surface area contributed by atoms with Gasteiger partial charge in [0.2, 0.25) is 0 Å². The zero-order valence-electron chi connectivity index (χ0n) is 26.4. The minimum Gasteiger partial charge on any atom is -0.454 e. The van der Waals surface area contributed by atoms with E-state index in [0.717, 1.165) is 66.6 Å². The van der Waals surface area contributed by atoms with Crippen LogP contribution in [0.15, 0.2) is 174 Å². The van der Waals surface area contributed by atoms with Gasteiger partial charge < -0.3 is 4.42 Å². The monoisotopic (exact) mass is 628 g/mol. The Morgan fingerprint density at radius 3 is 1.41 bits per heavy atom. The predicted molar refractivity (Wildman–Crippen MR) is 198 cm³/mol. The maximum absolute atomic E-state index is 6.57. The first kappa shape index (κ1) is 28.5. The standard InChI is InChI=1S/C44H28N4O/c1-4-11-29(12-5-1)31-19-23-33(24-20-31)36-27-28-45-40-39-37(17-10-18-38(39)49-41(36)40)44-47-42(34-15-8-3-9-16-34)46-43(48-44)35-25-21-32(22-26-35)30-13-6-2-7-14-30/h1-28H. The summed E-state index contributed by atoms with van der Waals surface area (Å²) in [6.45, 7) is 0. The molecule has 0 amide bonds. The lowest BCUT2D eigenvalue weighted by molar-refractivity contribution is 0.669. The van der Waals surface area contributed by atoms with Crippen LogP contribution in [-0.2, 0) is 0 Å². The van der Waals surface area contributed by atoms with E-state index in [1.165, 1.54) is 5.56 Å². The molecule has 0 radical (unpaired) electrons. The Balaban J connectivity index is 1.18. The minimum atomic E-state index is 0.559. The van der Waals surface area contributed by atoms with Gasteiger partial charge in [0.15, 0.2) is 23.1 Å². The molecule has 0 atom stereocenters. The molecule has 6 aromatic carbocycles. The first-order valence-corrected chi connectivity index (χ1v) is 16.2. The molecule has 9 aromatic rings. The van der Waals surface area contributed by atoms with Crippen molar-refractivity contribution in [1.82, 2.24) is 19.9 Å². The maximum Gasteiger partial charge on any atom is 0.164 e. The molecule has 0 aliphatic rings. The summed E-state index contributed by atoms with van der Waals surface area (Å²) in [6.07, 6.45) is 1.84. The summed E-state index contributed by atoms with van der Waals surface area (Å²) in [5.74, 6) is 1.76. The van der Waals surface area contributed by atoms with Crippen molar-refractivity contribution in [2.75, 3.05) is 0 Å². The van der Waals surface area contributed by atoms with E-state index < -0.39 is 0 Å². The van der Waals surface area contributed by atoms with E-state index in [1.807, 2.05) is 85.1 Å². The van der Waals surface area contributed by atoms with Crippen LogP contribution in [0.4, 0.5) is 0 Å². The normalized spacial score (nSPS) is 11.3. The van der Waals surface area contributed by atoms with Crippen molar-refractivity contribution < 1.29 is 4.42 Å². The summed E-state index contributed by atoms with van der Waals surface area (Å²) in [5, 5.41) is 0.871. The van der Waals surface area contributed by atoms with Crippen LogP contribution in [0.3, 0.4) is 0 Å². The Morgan fingerprint density at radius 1 is 0.347 bits per heavy atom. The maximum atomic E-state index is 6.57. The molecule has 0 aliphatic heterocycles. The Hall–Kier alpha value is -6.72. The Morgan fingerprint density at radius 2 is 0.816 bits per heavy atom. The lowest BCUT2D eigenvalue weighted by atomic mass is 10.00. The van der Waals surface area contributed by atoms with Crippen molar-refractivity contribution >= 4 is 22.1 Å². The van der Waals surface area contributed by atoms with Crippen LogP contribution in [0, 0.1) is 0 Å². The van der Waals surface area contributed by atoms with Gasteiger partial charge in [-0.2, -0.15) is 0 Å². The number of fused-ring (bicyclic) bond motifs is 3. The van der Waals surface area contributed by atoms with E-state index in [2.05, 4.69) is 84.9 Å². The molecule has 49 heavy (non-hydrogen) atoms. The molecule has 5 nitrogen and oxygen atoms in total. The van der Waals surface area contributed by atoms with Gasteiger partial charge in [-0.25, -0.2) is 15.0 Å². The van der Waals surface area contributed by atoms with E-state index in [1.54, 1.807) is 0 Å². The average Bonchev–Trinajstić information content (AvgIpc) is 3.58. The first-order valence-electron chi connectivity index (χ1n) is 16.2. The van der Waals surface area contributed by atoms with E-state index in [0.29, 0.717) is 17.5 Å². The van der Waals surface area contributed by atoms with Gasteiger partial charge in [0.25, 0.3) is 0 Å². The molecule has 0 fully saturated rings. The second kappa shape index (κ2) is 12.1. The minimum absolute atomic E-state index is 0.559. The highest BCUT2D eigenvalue weighted by atomic mass is 16.3. The van der Waals surface area contributed by atoms with Gasteiger partial charge in [-0.1, -0.05) is 152 Å². The number of aromatic nitrogens is 4. The molecule has 9 rings (SSSR count). The van der Waals surface area contributed by atoms with Crippen LogP contribution in [0.25, 0.3) is 89.6 Å². The molecule has 0 unspecified atom stereocenters. The summed E-state index contributed by atoms with van der Waals surface area (Å²) < 4.78 is 6.57. The van der Waals surface area contributed by atoms with Gasteiger partial charge >= 0.3 is 0 Å². The Kier molecular flexibility index (Phi) is 7.06. The van der Waals surface area contributed by atoms with E-state index in [4.69, 9.17) is 24.4 Å². The number of hydrogen-bond acceptors (Lipinski definition) is 5. The molecule has 0 saturated carbocycles. The lowest BCUT2D eigenvalue weighted by Crippen LogP contribution is -2.00. The third kappa shape index (κ3) is 5.33. The van der Waals surface area contributed by atoms with Crippen molar-refractivity contribution in [2.24, 2.45) is 0 Å². The van der Waals surface area contributed by atoms with Crippen LogP contribution < -0.4 is 0 Å². The molecular weight excluding hydrogens is 601 g/mol. The molecule has 3 heterocycles. The smallest absolute Gasteiger partial charge is 0.164 e. The Labute approximate surface area is 283 Å². The van der Waals surface area contributed by atoms with Crippen LogP contribution in [0.2, 0.25) is 0 Å². The fourth-order valence-corrected chi connectivity index (χ4v) is 6.37. The van der Waals surface area contributed by atoms with Gasteiger partial charge in [0.1, 0.15) is 11.1 Å². The molecule has 0 aliphatic carbocycles. The topological polar surface area (TPSA) is 64.7 Å². The molecule has 5 heteroatoms. The van der Waals surface area contributed by atoms with Crippen molar-refractivity contribution in [3.63, 3.8) is 0 Å². The summed E-state index contributed by atoms with van der Waals surface area (Å²) in [7, 11) is 0. The second-order valence-electron chi connectivity index (χ2n) is 11.9. The highest BCUT2D eigenvalue weighted by molar-refractivity contribution is 6.13. The van der Waals surface area contributed by atoms with Crippen molar-refractivity contribution in [1.29, 1.82) is 0 Å². The zero-order chi connectivity index (χ0) is 32.6. The van der Waals surface area contributed by atoms with Crippen LogP contribution in [0.5, 0.6) is 0 Å². The number of benzene rings is 6. The third-order valence-corrected chi connectivity index (χ3v) is 8.84. The fraction of sp³-hybridized carbons (Fsp3) is 0. The number of rotatable bonds is 6. The highest BCUT2D eigenvalue weighted by Gasteiger charge is 2.20. The first-order chi connectivity index (χ1) is 24.3. The summed E-state index contributed by atoms with van der Waals surface area (Å²) in [5.41, 5.74) is 11.6. The number of nitrogens with zero attached hydrogens (tertiary/aromatic N) is 4. The summed E-state index contributed by atoms with van der Waals surface area (Å²) in [4.78, 5) is 19.9. The fourth-order valence-electron chi connectivity index (χ4n) is 6.37. The van der Waals surface area contributed by atoms with Crippen molar-refractivity contribution in [3.05, 3.63) is 170 Å². The van der Waals surface area contributed by atoms with Gasteiger partial charge in [-0.05, 0) is 39.9 Å². The lowest BCUT2D eigenvalue weighted by Gasteiger charge is -2.10. The molecule has 230 valence electrons. The van der Waals surface area contributed by atoms with Gasteiger partial charge in [0, 0.05) is 28.5 Å². The number of furan rings is 1. The predicted octanol–water partition coefficient (Wildman–Crippen LogP) is 11.2. The molecule has 3 aromatic heterocycles. The molecule has 0 spiro atoms. The van der Waals surface area contributed by atoms with Crippen molar-refractivity contribution in [2.45, 2.75) is 0 Å². The van der Waals surface area contributed by atoms with Crippen LogP contribution >= 0.6 is 0 Å². The second-order valence-corrected chi connectivity index (χ2v) is 11.9. The van der Waals surface area contributed by atoms with E-state index in [9.17, 15) is 0 Å². The molecule has 0 bridgehead atoms. The number of hydrogen-bond donors (Lipinski definition) is 0. The summed E-state index contributed by atoms with van der Waals surface area (Å²) >= 11 is 0. The van der Waals surface area contributed by atoms with Crippen LogP contribution in [-0.4, -0.2) is 19.9 Å². The Bertz CT molecular complexity index is 2560. The van der Waals surface area contributed by atoms with E-state index in [-0.39, 0.29) is 0 Å². The van der Waals surface area contributed by atoms with Gasteiger partial charge in [-0.3, -0.25) is 4.98 Å². The average molecular weight is 629 g/mol. The zero-order valence-corrected chi connectivity index (χ0v) is 26.4. The number of pyridine rings is 1. The third-order valence-electron chi connectivity index (χ3n) is 8.84. The summed E-state index contributed by atoms with van der Waals surface area (Å²) in [6, 6.07) is 55.7. The largest absolute Gasteiger partial charge is 0.454 e. The van der Waals surface area contributed by atoms with E-state index >= 15 is 0 Å².